The quantitative estimate of drug-likeness (QED) is 0.294. The standard InChI is InChI=1S/C25H24F3N3O2/c1-2-6-22(33-19-8-5-7-17(15-19)23(29)30)24(32)31-18-13-11-16(12-14-18)20-9-3-4-10-21(20)25(26,27)28/h3-5,7-15,22H,2,6H2,1H3,(H3,29,30)(H,31,32). The number of hydrogen-bond acceptors (Lipinski definition) is 3. The van der Waals surface area contributed by atoms with Gasteiger partial charge in [-0.15, -0.1) is 0 Å². The maximum Gasteiger partial charge on any atom is 0.417 e. The Morgan fingerprint density at radius 2 is 1.76 bits per heavy atom. The van der Waals surface area contributed by atoms with Crippen molar-refractivity contribution in [2.24, 2.45) is 5.73 Å². The molecule has 1 unspecified atom stereocenters. The molecule has 1 amide bonds. The first-order valence-corrected chi connectivity index (χ1v) is 10.4. The van der Waals surface area contributed by atoms with Crippen LogP contribution in [0, 0.1) is 5.41 Å². The van der Waals surface area contributed by atoms with Crippen LogP contribution in [0.25, 0.3) is 11.1 Å². The highest BCUT2D eigenvalue weighted by atomic mass is 19.4. The number of halogens is 3. The van der Waals surface area contributed by atoms with Crippen LogP contribution in [0.4, 0.5) is 18.9 Å². The Kier molecular flexibility index (Phi) is 7.37. The minimum atomic E-state index is -4.46. The van der Waals surface area contributed by atoms with E-state index < -0.39 is 17.8 Å². The number of ether oxygens (including phenoxy) is 1. The van der Waals surface area contributed by atoms with Crippen molar-refractivity contribution in [2.75, 3.05) is 5.32 Å². The maximum atomic E-state index is 13.3. The van der Waals surface area contributed by atoms with Crippen molar-refractivity contribution >= 4 is 17.4 Å². The van der Waals surface area contributed by atoms with Gasteiger partial charge < -0.3 is 15.8 Å². The number of benzene rings is 3. The number of nitrogens with one attached hydrogen (secondary N) is 2. The molecule has 0 aliphatic carbocycles. The fraction of sp³-hybridized carbons (Fsp3) is 0.200. The summed E-state index contributed by atoms with van der Waals surface area (Å²) in [5, 5.41) is 10.3. The second-order valence-corrected chi connectivity index (χ2v) is 7.45. The summed E-state index contributed by atoms with van der Waals surface area (Å²) in [5.74, 6) is -0.0759. The van der Waals surface area contributed by atoms with Crippen molar-refractivity contribution in [1.29, 1.82) is 5.41 Å². The van der Waals surface area contributed by atoms with E-state index in [-0.39, 0.29) is 17.3 Å². The molecule has 1 atom stereocenters. The van der Waals surface area contributed by atoms with E-state index in [1.807, 2.05) is 6.92 Å². The predicted octanol–water partition coefficient (Wildman–Crippen LogP) is 5.84. The van der Waals surface area contributed by atoms with Gasteiger partial charge in [0.25, 0.3) is 5.91 Å². The molecule has 3 rings (SSSR count). The molecule has 0 aliphatic rings. The molecule has 0 bridgehead atoms. The molecule has 0 saturated heterocycles. The van der Waals surface area contributed by atoms with E-state index in [0.717, 1.165) is 6.07 Å². The van der Waals surface area contributed by atoms with Crippen LogP contribution >= 0.6 is 0 Å². The first-order valence-electron chi connectivity index (χ1n) is 10.4. The third-order valence-corrected chi connectivity index (χ3v) is 4.96. The van der Waals surface area contributed by atoms with Gasteiger partial charge in [-0.2, -0.15) is 13.2 Å². The van der Waals surface area contributed by atoms with Crippen molar-refractivity contribution in [2.45, 2.75) is 32.0 Å². The summed E-state index contributed by atoms with van der Waals surface area (Å²) in [7, 11) is 0. The van der Waals surface area contributed by atoms with Crippen molar-refractivity contribution in [3.63, 3.8) is 0 Å². The number of rotatable bonds is 8. The van der Waals surface area contributed by atoms with E-state index in [2.05, 4.69) is 5.32 Å². The molecule has 0 radical (unpaired) electrons. The molecule has 3 aromatic carbocycles. The van der Waals surface area contributed by atoms with Crippen LogP contribution in [0.1, 0.15) is 30.9 Å². The summed E-state index contributed by atoms with van der Waals surface area (Å²) in [6.45, 7) is 1.92. The Bertz CT molecular complexity index is 1130. The fourth-order valence-electron chi connectivity index (χ4n) is 3.34. The van der Waals surface area contributed by atoms with E-state index in [9.17, 15) is 18.0 Å². The smallest absolute Gasteiger partial charge is 0.417 e. The Hall–Kier alpha value is -3.81. The number of amidine groups is 1. The average Bonchev–Trinajstić information content (AvgIpc) is 2.79. The molecular formula is C25H24F3N3O2. The first-order chi connectivity index (χ1) is 15.7. The number of carbonyl (C=O) groups is 1. The van der Waals surface area contributed by atoms with Crippen molar-refractivity contribution < 1.29 is 22.7 Å². The first kappa shape index (κ1) is 23.8. The lowest BCUT2D eigenvalue weighted by Crippen LogP contribution is -2.33. The van der Waals surface area contributed by atoms with Gasteiger partial charge in [-0.05, 0) is 47.9 Å². The molecule has 4 N–H and O–H groups in total. The molecule has 0 spiro atoms. The largest absolute Gasteiger partial charge is 0.481 e. The predicted molar refractivity (Wildman–Crippen MR) is 122 cm³/mol. The Balaban J connectivity index is 1.75. The van der Waals surface area contributed by atoms with E-state index in [1.54, 1.807) is 42.5 Å². The van der Waals surface area contributed by atoms with Crippen LogP contribution in [0.5, 0.6) is 5.75 Å². The molecule has 0 aromatic heterocycles. The third-order valence-electron chi connectivity index (χ3n) is 4.96. The van der Waals surface area contributed by atoms with Crippen LogP contribution in [0.3, 0.4) is 0 Å². The monoisotopic (exact) mass is 455 g/mol. The molecular weight excluding hydrogens is 431 g/mol. The van der Waals surface area contributed by atoms with E-state index in [4.69, 9.17) is 15.9 Å². The molecule has 3 aromatic rings. The minimum Gasteiger partial charge on any atom is -0.481 e. The number of carbonyl (C=O) groups excluding carboxylic acids is 1. The van der Waals surface area contributed by atoms with Crippen LogP contribution < -0.4 is 15.8 Å². The lowest BCUT2D eigenvalue weighted by molar-refractivity contribution is -0.137. The van der Waals surface area contributed by atoms with Crippen molar-refractivity contribution in [3.8, 4) is 16.9 Å². The van der Waals surface area contributed by atoms with E-state index in [1.165, 1.54) is 24.3 Å². The molecule has 0 saturated carbocycles. The topological polar surface area (TPSA) is 88.2 Å². The molecule has 8 heteroatoms. The summed E-state index contributed by atoms with van der Waals surface area (Å²) in [5.41, 5.74) is 6.18. The van der Waals surface area contributed by atoms with E-state index in [0.29, 0.717) is 35.4 Å². The molecule has 33 heavy (non-hydrogen) atoms. The maximum absolute atomic E-state index is 13.3. The highest BCUT2D eigenvalue weighted by Gasteiger charge is 2.33. The van der Waals surface area contributed by atoms with Crippen LogP contribution in [0.2, 0.25) is 0 Å². The van der Waals surface area contributed by atoms with Gasteiger partial charge in [-0.1, -0.05) is 55.8 Å². The number of amides is 1. The van der Waals surface area contributed by atoms with Crippen LogP contribution in [-0.2, 0) is 11.0 Å². The van der Waals surface area contributed by atoms with Crippen LogP contribution in [-0.4, -0.2) is 17.8 Å². The van der Waals surface area contributed by atoms with Crippen molar-refractivity contribution in [1.82, 2.24) is 0 Å². The number of nitrogen functional groups attached to an aromatic ring is 1. The molecule has 172 valence electrons. The number of nitrogens with two attached hydrogens (primary N) is 1. The Labute approximate surface area is 189 Å². The zero-order valence-electron chi connectivity index (χ0n) is 17.9. The molecule has 5 nitrogen and oxygen atoms in total. The van der Waals surface area contributed by atoms with Gasteiger partial charge >= 0.3 is 6.18 Å². The number of alkyl halides is 3. The van der Waals surface area contributed by atoms with Gasteiger partial charge in [0, 0.05) is 11.3 Å². The molecule has 0 aliphatic heterocycles. The second-order valence-electron chi connectivity index (χ2n) is 7.45. The van der Waals surface area contributed by atoms with Gasteiger partial charge in [-0.3, -0.25) is 10.2 Å². The molecule has 0 heterocycles. The zero-order chi connectivity index (χ0) is 24.0. The Morgan fingerprint density at radius 1 is 1.06 bits per heavy atom. The summed E-state index contributed by atoms with van der Waals surface area (Å²) >= 11 is 0. The Morgan fingerprint density at radius 3 is 2.39 bits per heavy atom. The normalized spacial score (nSPS) is 12.1. The van der Waals surface area contributed by atoms with Crippen molar-refractivity contribution in [3.05, 3.63) is 83.9 Å². The SMILES string of the molecule is CCCC(Oc1cccc(C(=N)N)c1)C(=O)Nc1ccc(-c2ccccc2C(F)(F)F)cc1. The minimum absolute atomic E-state index is 0.0698. The van der Waals surface area contributed by atoms with Gasteiger partial charge in [0.1, 0.15) is 11.6 Å². The summed E-state index contributed by atoms with van der Waals surface area (Å²) < 4.78 is 45.8. The highest BCUT2D eigenvalue weighted by molar-refractivity contribution is 5.96. The van der Waals surface area contributed by atoms with E-state index >= 15 is 0 Å². The zero-order valence-corrected chi connectivity index (χ0v) is 17.9. The number of anilines is 1. The summed E-state index contributed by atoms with van der Waals surface area (Å²) in [6.07, 6.45) is -4.11. The third kappa shape index (κ3) is 6.12. The van der Waals surface area contributed by atoms with Gasteiger partial charge in [0.15, 0.2) is 6.10 Å². The molecule has 0 fully saturated rings. The summed E-state index contributed by atoms with van der Waals surface area (Å²) in [6, 6.07) is 18.1. The highest BCUT2D eigenvalue weighted by Crippen LogP contribution is 2.37. The summed E-state index contributed by atoms with van der Waals surface area (Å²) in [4.78, 5) is 12.8. The fourth-order valence-corrected chi connectivity index (χ4v) is 3.34. The lowest BCUT2D eigenvalue weighted by Gasteiger charge is -2.19. The second kappa shape index (κ2) is 10.2. The number of hydrogen-bond donors (Lipinski definition) is 3. The van der Waals surface area contributed by atoms with Gasteiger partial charge in [0.05, 0.1) is 5.56 Å². The average molecular weight is 455 g/mol. The van der Waals surface area contributed by atoms with Gasteiger partial charge in [0.2, 0.25) is 0 Å². The van der Waals surface area contributed by atoms with Crippen LogP contribution in [0.15, 0.2) is 72.8 Å². The van der Waals surface area contributed by atoms with Gasteiger partial charge in [-0.25, -0.2) is 0 Å². The lowest BCUT2D eigenvalue weighted by atomic mass is 9.99.